The van der Waals surface area contributed by atoms with Gasteiger partial charge in [-0.15, -0.1) is 0 Å². The predicted molar refractivity (Wildman–Crippen MR) is 97.9 cm³/mol. The lowest BCUT2D eigenvalue weighted by Crippen LogP contribution is -2.45. The van der Waals surface area contributed by atoms with Crippen molar-refractivity contribution in [1.29, 1.82) is 0 Å². The Hall–Kier alpha value is -2.52. The van der Waals surface area contributed by atoms with Crippen LogP contribution in [-0.2, 0) is 9.47 Å². The van der Waals surface area contributed by atoms with Crippen molar-refractivity contribution in [2.75, 3.05) is 30.4 Å². The number of nitrogens with zero attached hydrogens (tertiary/aromatic N) is 3. The fraction of sp³-hybridized carbons (Fsp3) is 0.412. The monoisotopic (exact) mass is 376 g/mol. The maximum Gasteiger partial charge on any atom is 0.349 e. The number of carbonyl (C=O) groups excluding carboxylic acids is 2. The second-order valence-electron chi connectivity index (χ2n) is 6.04. The molecule has 8 nitrogen and oxygen atoms in total. The number of anilines is 2. The van der Waals surface area contributed by atoms with Crippen molar-refractivity contribution in [2.45, 2.75) is 26.1 Å². The van der Waals surface area contributed by atoms with Gasteiger partial charge < -0.3 is 14.4 Å². The van der Waals surface area contributed by atoms with E-state index in [4.69, 9.17) is 4.74 Å². The summed E-state index contributed by atoms with van der Waals surface area (Å²) in [4.78, 5) is 34.6. The lowest BCUT2D eigenvalue weighted by molar-refractivity contribution is -0.00546. The van der Waals surface area contributed by atoms with E-state index < -0.39 is 5.97 Å². The molecule has 0 bridgehead atoms. The van der Waals surface area contributed by atoms with Crippen LogP contribution in [0.3, 0.4) is 0 Å². The fourth-order valence-electron chi connectivity index (χ4n) is 2.77. The molecule has 3 heterocycles. The van der Waals surface area contributed by atoms with E-state index in [1.165, 1.54) is 19.5 Å². The molecule has 1 saturated heterocycles. The summed E-state index contributed by atoms with van der Waals surface area (Å²) in [5.41, 5.74) is 0.415. The molecule has 0 unspecified atom stereocenters. The van der Waals surface area contributed by atoms with Crippen molar-refractivity contribution in [3.05, 3.63) is 35.0 Å². The Kier molecular flexibility index (Phi) is 5.48. The van der Waals surface area contributed by atoms with Gasteiger partial charge >= 0.3 is 5.97 Å². The third-order valence-electron chi connectivity index (χ3n) is 3.87. The van der Waals surface area contributed by atoms with Crippen molar-refractivity contribution < 1.29 is 19.1 Å². The van der Waals surface area contributed by atoms with E-state index in [1.807, 2.05) is 19.9 Å². The van der Waals surface area contributed by atoms with Crippen LogP contribution in [0.1, 0.15) is 33.9 Å². The van der Waals surface area contributed by atoms with Crippen molar-refractivity contribution in [1.82, 2.24) is 9.97 Å². The molecule has 26 heavy (non-hydrogen) atoms. The molecule has 138 valence electrons. The second-order valence-corrected chi connectivity index (χ2v) is 7.07. The molecule has 0 aromatic carbocycles. The number of rotatable bonds is 4. The molecule has 1 aliphatic heterocycles. The number of carbonyl (C=O) groups is 2. The van der Waals surface area contributed by atoms with Crippen LogP contribution in [0.5, 0.6) is 0 Å². The molecule has 1 aliphatic rings. The first-order valence-electron chi connectivity index (χ1n) is 8.18. The van der Waals surface area contributed by atoms with Crippen LogP contribution in [0.15, 0.2) is 24.5 Å². The van der Waals surface area contributed by atoms with Crippen molar-refractivity contribution in [3.63, 3.8) is 0 Å². The zero-order valence-corrected chi connectivity index (χ0v) is 15.6. The topological polar surface area (TPSA) is 93.6 Å². The first kappa shape index (κ1) is 18.3. The van der Waals surface area contributed by atoms with Gasteiger partial charge in [0.15, 0.2) is 5.13 Å². The molecule has 0 radical (unpaired) electrons. The first-order chi connectivity index (χ1) is 12.5. The maximum atomic E-state index is 12.3. The highest BCUT2D eigenvalue weighted by Crippen LogP contribution is 2.21. The minimum Gasteiger partial charge on any atom is -0.465 e. The Labute approximate surface area is 155 Å². The number of morpholine rings is 1. The summed E-state index contributed by atoms with van der Waals surface area (Å²) < 4.78 is 10.3. The minimum atomic E-state index is -0.483. The average Bonchev–Trinajstić information content (AvgIpc) is 3.09. The van der Waals surface area contributed by atoms with E-state index in [1.54, 1.807) is 6.07 Å². The molecule has 0 aliphatic carbocycles. The molecule has 2 aromatic rings. The summed E-state index contributed by atoms with van der Waals surface area (Å²) in [5.74, 6) is -0.00714. The van der Waals surface area contributed by atoms with E-state index in [-0.39, 0.29) is 18.1 Å². The number of methoxy groups -OCH3 is 1. The van der Waals surface area contributed by atoms with Crippen molar-refractivity contribution in [2.24, 2.45) is 0 Å². The minimum absolute atomic E-state index is 0.137. The van der Waals surface area contributed by atoms with Gasteiger partial charge in [-0.2, -0.15) is 0 Å². The van der Waals surface area contributed by atoms with Crippen LogP contribution in [0, 0.1) is 0 Å². The number of pyridine rings is 1. The number of aromatic nitrogens is 2. The van der Waals surface area contributed by atoms with Gasteiger partial charge in [0, 0.05) is 19.3 Å². The van der Waals surface area contributed by atoms with Gasteiger partial charge in [-0.3, -0.25) is 10.1 Å². The van der Waals surface area contributed by atoms with Crippen LogP contribution >= 0.6 is 11.3 Å². The Morgan fingerprint density at radius 1 is 1.23 bits per heavy atom. The van der Waals surface area contributed by atoms with Gasteiger partial charge in [0.05, 0.1) is 31.1 Å². The van der Waals surface area contributed by atoms with Crippen LogP contribution in [-0.4, -0.2) is 54.3 Å². The number of nitrogens with one attached hydrogen (secondary N) is 1. The molecule has 3 rings (SSSR count). The molecule has 1 fully saturated rings. The summed E-state index contributed by atoms with van der Waals surface area (Å²) in [6.45, 7) is 5.58. The molecule has 1 N–H and O–H groups in total. The number of hydrogen-bond acceptors (Lipinski definition) is 8. The SMILES string of the molecule is COC(=O)c1cnc(NC(=O)c2ccc(N3C[C@H](C)O[C@@H](C)C3)nc2)s1. The van der Waals surface area contributed by atoms with E-state index >= 15 is 0 Å². The summed E-state index contributed by atoms with van der Waals surface area (Å²) in [6, 6.07) is 3.54. The quantitative estimate of drug-likeness (QED) is 0.818. The lowest BCUT2D eigenvalue weighted by Gasteiger charge is -2.36. The van der Waals surface area contributed by atoms with E-state index in [2.05, 4.69) is 24.9 Å². The van der Waals surface area contributed by atoms with Gasteiger partial charge in [0.25, 0.3) is 5.91 Å². The zero-order valence-electron chi connectivity index (χ0n) is 14.8. The highest BCUT2D eigenvalue weighted by atomic mass is 32.1. The summed E-state index contributed by atoms with van der Waals surface area (Å²) in [7, 11) is 1.30. The van der Waals surface area contributed by atoms with E-state index in [0.29, 0.717) is 15.6 Å². The third kappa shape index (κ3) is 4.17. The van der Waals surface area contributed by atoms with Crippen LogP contribution in [0.2, 0.25) is 0 Å². The van der Waals surface area contributed by atoms with Crippen molar-refractivity contribution in [3.8, 4) is 0 Å². The Morgan fingerprint density at radius 2 is 1.96 bits per heavy atom. The molecule has 2 atom stereocenters. The smallest absolute Gasteiger partial charge is 0.349 e. The number of thiazole rings is 1. The molecule has 2 aromatic heterocycles. The Bertz CT molecular complexity index is 782. The normalized spacial score (nSPS) is 19.9. The van der Waals surface area contributed by atoms with Crippen LogP contribution in [0.25, 0.3) is 0 Å². The number of hydrogen-bond donors (Lipinski definition) is 1. The van der Waals surface area contributed by atoms with Gasteiger partial charge in [0.2, 0.25) is 0 Å². The molecule has 9 heteroatoms. The highest BCUT2D eigenvalue weighted by Gasteiger charge is 2.23. The lowest BCUT2D eigenvalue weighted by atomic mass is 10.2. The van der Waals surface area contributed by atoms with Crippen LogP contribution in [0.4, 0.5) is 10.9 Å². The van der Waals surface area contributed by atoms with Crippen molar-refractivity contribution >= 4 is 34.2 Å². The Morgan fingerprint density at radius 3 is 2.58 bits per heavy atom. The summed E-state index contributed by atoms with van der Waals surface area (Å²) in [6.07, 6.45) is 3.17. The summed E-state index contributed by atoms with van der Waals surface area (Å²) in [5, 5.41) is 2.99. The van der Waals surface area contributed by atoms with Gasteiger partial charge in [-0.05, 0) is 26.0 Å². The summed E-state index contributed by atoms with van der Waals surface area (Å²) >= 11 is 1.05. The van der Waals surface area contributed by atoms with E-state index in [0.717, 1.165) is 30.2 Å². The van der Waals surface area contributed by atoms with Gasteiger partial charge in [0.1, 0.15) is 10.7 Å². The standard InChI is InChI=1S/C17H20N4O4S/c1-10-8-21(9-11(2)25-10)14-5-4-12(6-18-14)15(22)20-17-19-7-13(26-17)16(23)24-3/h4-7,10-11H,8-9H2,1-3H3,(H,19,20,22)/t10-,11-/m0/s1. The number of esters is 1. The van der Waals surface area contributed by atoms with E-state index in [9.17, 15) is 9.59 Å². The number of amides is 1. The van der Waals surface area contributed by atoms with Crippen LogP contribution < -0.4 is 10.2 Å². The fourth-order valence-corrected chi connectivity index (χ4v) is 3.50. The maximum absolute atomic E-state index is 12.3. The average molecular weight is 376 g/mol. The predicted octanol–water partition coefficient (Wildman–Crippen LogP) is 2.19. The zero-order chi connectivity index (χ0) is 18.7. The molecule has 0 saturated carbocycles. The molecule has 1 amide bonds. The van der Waals surface area contributed by atoms with Gasteiger partial charge in [-0.25, -0.2) is 14.8 Å². The number of ether oxygens (including phenoxy) is 2. The van der Waals surface area contributed by atoms with Gasteiger partial charge in [-0.1, -0.05) is 11.3 Å². The molecular formula is C17H20N4O4S. The molecule has 0 spiro atoms. The second kappa shape index (κ2) is 7.79. The largest absolute Gasteiger partial charge is 0.465 e. The molecular weight excluding hydrogens is 356 g/mol. The first-order valence-corrected chi connectivity index (χ1v) is 9.00. The Balaban J connectivity index is 1.65. The third-order valence-corrected chi connectivity index (χ3v) is 4.76. The highest BCUT2D eigenvalue weighted by molar-refractivity contribution is 7.17.